The molecule has 0 aliphatic rings. The Morgan fingerprint density at radius 3 is 2.21 bits per heavy atom. The average molecular weight is 303 g/mol. The van der Waals surface area contributed by atoms with E-state index in [0.717, 1.165) is 19.2 Å². The maximum atomic E-state index is 12.2. The molecule has 2 atom stereocenters. The minimum absolute atomic E-state index is 0.223. The number of benzene rings is 1. The molecule has 0 fully saturated rings. The number of hydrogen-bond donors (Lipinski definition) is 1. The molecule has 0 saturated carbocycles. The summed E-state index contributed by atoms with van der Waals surface area (Å²) >= 11 is 0. The maximum Gasteiger partial charge on any atom is 0.175 e. The van der Waals surface area contributed by atoms with Crippen LogP contribution in [0.25, 0.3) is 0 Å². The summed E-state index contributed by atoms with van der Waals surface area (Å²) in [5.41, 5.74) is 0. The zero-order valence-corrected chi connectivity index (χ0v) is 13.2. The molecule has 4 nitrogen and oxygen atoms in total. The van der Waals surface area contributed by atoms with Gasteiger partial charge in [-0.3, -0.25) is 4.21 Å². The summed E-state index contributed by atoms with van der Waals surface area (Å²) in [5, 5.41) is 3.28. The highest BCUT2D eigenvalue weighted by Crippen LogP contribution is 2.14. The molecule has 0 spiro atoms. The lowest BCUT2D eigenvalue weighted by atomic mass is 10.2. The first-order valence-electron chi connectivity index (χ1n) is 6.30. The van der Waals surface area contributed by atoms with Crippen LogP contribution >= 0.6 is 0 Å². The van der Waals surface area contributed by atoms with Gasteiger partial charge in [-0.2, -0.15) is 0 Å². The summed E-state index contributed by atoms with van der Waals surface area (Å²) in [6.07, 6.45) is 2.08. The molecule has 0 radical (unpaired) electrons. The Bertz CT molecular complexity index is 523. The average Bonchev–Trinajstić information content (AvgIpc) is 2.37. The summed E-state index contributed by atoms with van der Waals surface area (Å²) in [6, 6.07) is 6.50. The first-order valence-corrected chi connectivity index (χ1v) is 9.51. The van der Waals surface area contributed by atoms with E-state index in [1.807, 2.05) is 6.92 Å². The minimum Gasteiger partial charge on any atom is -0.313 e. The molecule has 0 aliphatic heterocycles. The third-order valence-electron chi connectivity index (χ3n) is 2.85. The van der Waals surface area contributed by atoms with Crippen LogP contribution < -0.4 is 5.32 Å². The number of hydrogen-bond acceptors (Lipinski definition) is 4. The van der Waals surface area contributed by atoms with E-state index in [0.29, 0.717) is 10.6 Å². The number of nitrogens with one attached hydrogen (secondary N) is 1. The van der Waals surface area contributed by atoms with E-state index in [1.165, 1.54) is 12.1 Å². The van der Waals surface area contributed by atoms with Gasteiger partial charge in [0.15, 0.2) is 9.84 Å². The molecule has 108 valence electrons. The highest BCUT2D eigenvalue weighted by Gasteiger charge is 2.13. The SMILES string of the molecule is CCNC(CC)CS(=O)c1ccc(S(C)(=O)=O)cc1. The highest BCUT2D eigenvalue weighted by atomic mass is 32.2. The molecule has 2 unspecified atom stereocenters. The fraction of sp³-hybridized carbons (Fsp3) is 0.538. The second kappa shape index (κ2) is 7.17. The molecule has 0 saturated heterocycles. The van der Waals surface area contributed by atoms with Crippen molar-refractivity contribution < 1.29 is 12.6 Å². The van der Waals surface area contributed by atoms with Gasteiger partial charge in [0.05, 0.1) is 15.7 Å². The van der Waals surface area contributed by atoms with E-state index >= 15 is 0 Å². The molecule has 6 heteroatoms. The first kappa shape index (κ1) is 16.3. The van der Waals surface area contributed by atoms with Gasteiger partial charge >= 0.3 is 0 Å². The van der Waals surface area contributed by atoms with Gasteiger partial charge in [0.1, 0.15) is 0 Å². The molecule has 0 aliphatic carbocycles. The van der Waals surface area contributed by atoms with Gasteiger partial charge in [-0.1, -0.05) is 13.8 Å². The summed E-state index contributed by atoms with van der Waals surface area (Å²) in [5.74, 6) is 0.544. The van der Waals surface area contributed by atoms with Crippen molar-refractivity contribution in [2.75, 3.05) is 18.6 Å². The highest BCUT2D eigenvalue weighted by molar-refractivity contribution is 7.90. The van der Waals surface area contributed by atoms with Crippen molar-refractivity contribution in [1.29, 1.82) is 0 Å². The molecule has 1 aromatic carbocycles. The van der Waals surface area contributed by atoms with Crippen molar-refractivity contribution in [3.63, 3.8) is 0 Å². The van der Waals surface area contributed by atoms with Gasteiger partial charge in [0.25, 0.3) is 0 Å². The van der Waals surface area contributed by atoms with E-state index in [-0.39, 0.29) is 10.9 Å². The monoisotopic (exact) mass is 303 g/mol. The van der Waals surface area contributed by atoms with Crippen LogP contribution in [0.1, 0.15) is 20.3 Å². The Labute approximate surface area is 118 Å². The van der Waals surface area contributed by atoms with E-state index in [1.54, 1.807) is 12.1 Å². The predicted octanol–water partition coefficient (Wildman–Crippen LogP) is 1.59. The molecule has 0 aromatic heterocycles. The normalized spacial score (nSPS) is 15.1. The van der Waals surface area contributed by atoms with Crippen LogP contribution in [0, 0.1) is 0 Å². The van der Waals surface area contributed by atoms with Crippen LogP contribution in [0.3, 0.4) is 0 Å². The second-order valence-electron chi connectivity index (χ2n) is 4.42. The molecule has 0 heterocycles. The fourth-order valence-electron chi connectivity index (χ4n) is 1.73. The van der Waals surface area contributed by atoms with E-state index < -0.39 is 20.6 Å². The Hall–Kier alpha value is -0.720. The van der Waals surface area contributed by atoms with Gasteiger partial charge in [-0.05, 0) is 37.2 Å². The molecule has 1 aromatic rings. The van der Waals surface area contributed by atoms with Crippen molar-refractivity contribution in [2.24, 2.45) is 0 Å². The van der Waals surface area contributed by atoms with Crippen LogP contribution in [-0.4, -0.2) is 37.2 Å². The second-order valence-corrected chi connectivity index (χ2v) is 7.93. The third-order valence-corrected chi connectivity index (χ3v) is 5.48. The predicted molar refractivity (Wildman–Crippen MR) is 78.6 cm³/mol. The van der Waals surface area contributed by atoms with Crippen molar-refractivity contribution in [1.82, 2.24) is 5.32 Å². The Morgan fingerprint density at radius 2 is 1.79 bits per heavy atom. The summed E-state index contributed by atoms with van der Waals surface area (Å²) in [7, 11) is -4.30. The molecular weight excluding hydrogens is 282 g/mol. The smallest absolute Gasteiger partial charge is 0.175 e. The lowest BCUT2D eigenvalue weighted by Gasteiger charge is -2.15. The number of rotatable bonds is 7. The van der Waals surface area contributed by atoms with E-state index in [4.69, 9.17) is 0 Å². The quantitative estimate of drug-likeness (QED) is 0.831. The van der Waals surface area contributed by atoms with Crippen molar-refractivity contribution in [2.45, 2.75) is 36.1 Å². The minimum atomic E-state index is -3.19. The molecule has 19 heavy (non-hydrogen) atoms. The van der Waals surface area contributed by atoms with Crippen molar-refractivity contribution >= 4 is 20.6 Å². The Morgan fingerprint density at radius 1 is 1.21 bits per heavy atom. The molecule has 0 amide bonds. The molecule has 1 rings (SSSR count). The van der Waals surface area contributed by atoms with Gasteiger partial charge in [0, 0.05) is 22.9 Å². The molecule has 0 bridgehead atoms. The number of sulfone groups is 1. The van der Waals surface area contributed by atoms with Crippen molar-refractivity contribution in [3.05, 3.63) is 24.3 Å². The van der Waals surface area contributed by atoms with Gasteiger partial charge in [-0.15, -0.1) is 0 Å². The Balaban J connectivity index is 2.78. The summed E-state index contributed by atoms with van der Waals surface area (Å²) in [6.45, 7) is 4.92. The van der Waals surface area contributed by atoms with Crippen LogP contribution in [0.15, 0.2) is 34.1 Å². The first-order chi connectivity index (χ1) is 8.88. The maximum absolute atomic E-state index is 12.2. The lowest BCUT2D eigenvalue weighted by molar-refractivity contribution is 0.553. The van der Waals surface area contributed by atoms with Crippen molar-refractivity contribution in [3.8, 4) is 0 Å². The standard InChI is InChI=1S/C13H21NO3S2/c1-4-11(14-5-2)10-18(15)12-6-8-13(9-7-12)19(3,16)17/h6-9,11,14H,4-5,10H2,1-3H3. The summed E-state index contributed by atoms with van der Waals surface area (Å²) in [4.78, 5) is 0.927. The van der Waals surface area contributed by atoms with E-state index in [9.17, 15) is 12.6 Å². The van der Waals surface area contributed by atoms with Crippen LogP contribution in [-0.2, 0) is 20.6 Å². The molecule has 1 N–H and O–H groups in total. The Kier molecular flexibility index (Phi) is 6.16. The van der Waals surface area contributed by atoms with Crippen LogP contribution in [0.2, 0.25) is 0 Å². The van der Waals surface area contributed by atoms with Crippen LogP contribution in [0.4, 0.5) is 0 Å². The van der Waals surface area contributed by atoms with Crippen LogP contribution in [0.5, 0.6) is 0 Å². The summed E-state index contributed by atoms with van der Waals surface area (Å²) < 4.78 is 34.8. The van der Waals surface area contributed by atoms with E-state index in [2.05, 4.69) is 12.2 Å². The third kappa shape index (κ3) is 5.04. The zero-order valence-electron chi connectivity index (χ0n) is 11.5. The van der Waals surface area contributed by atoms with Gasteiger partial charge in [-0.25, -0.2) is 8.42 Å². The largest absolute Gasteiger partial charge is 0.313 e. The lowest BCUT2D eigenvalue weighted by Crippen LogP contribution is -2.33. The zero-order chi connectivity index (χ0) is 14.5. The topological polar surface area (TPSA) is 63.2 Å². The van der Waals surface area contributed by atoms with Gasteiger partial charge < -0.3 is 5.32 Å². The fourth-order valence-corrected chi connectivity index (χ4v) is 3.71. The molecular formula is C13H21NO3S2. The van der Waals surface area contributed by atoms with Gasteiger partial charge in [0.2, 0.25) is 0 Å².